The van der Waals surface area contributed by atoms with E-state index >= 15 is 0 Å². The molecule has 0 saturated carbocycles. The molecule has 0 fully saturated rings. The van der Waals surface area contributed by atoms with Crippen molar-refractivity contribution in [1.82, 2.24) is 4.98 Å². The molecule has 1 aromatic heterocycles. The number of nitrogen functional groups attached to an aromatic ring is 1. The van der Waals surface area contributed by atoms with Crippen molar-refractivity contribution in [3.05, 3.63) is 47.1 Å². The molecule has 0 saturated heterocycles. The first-order valence-corrected chi connectivity index (χ1v) is 7.23. The van der Waals surface area contributed by atoms with Gasteiger partial charge in [-0.1, -0.05) is 11.6 Å². The molecular formula is C12H9ClN4O2S. The average molecular weight is 309 g/mol. The number of benzene rings is 1. The van der Waals surface area contributed by atoms with Gasteiger partial charge in [-0.25, -0.2) is 4.98 Å². The Kier molecular flexibility index (Phi) is 3.79. The van der Waals surface area contributed by atoms with Crippen LogP contribution >= 0.6 is 11.6 Å². The first kappa shape index (κ1) is 14.1. The zero-order chi connectivity index (χ0) is 14.8. The molecule has 20 heavy (non-hydrogen) atoms. The molecule has 0 radical (unpaired) electrons. The van der Waals surface area contributed by atoms with Crippen LogP contribution < -0.4 is 10.5 Å². The lowest BCUT2D eigenvalue weighted by Gasteiger charge is -2.10. The summed E-state index contributed by atoms with van der Waals surface area (Å²) in [5.74, 6) is 0. The minimum absolute atomic E-state index is 0.0144. The number of hydrogen-bond donors (Lipinski definition) is 2. The van der Waals surface area contributed by atoms with Crippen molar-refractivity contribution in [2.45, 2.75) is 5.03 Å². The highest BCUT2D eigenvalue weighted by Gasteiger charge is 2.20. The molecule has 0 bridgehead atoms. The minimum atomic E-state index is -3.99. The monoisotopic (exact) mass is 308 g/mol. The minimum Gasteiger partial charge on any atom is -0.396 e. The van der Waals surface area contributed by atoms with E-state index in [2.05, 4.69) is 9.71 Å². The second-order valence-corrected chi connectivity index (χ2v) is 5.84. The van der Waals surface area contributed by atoms with Crippen molar-refractivity contribution in [1.29, 1.82) is 5.26 Å². The third-order valence-corrected chi connectivity index (χ3v) is 3.98. The molecule has 0 aliphatic rings. The SMILES string of the molecule is N#Cc1ccc(Cl)cc1NS(=O)(=O)c1ncccc1N. The Morgan fingerprint density at radius 1 is 1.35 bits per heavy atom. The van der Waals surface area contributed by atoms with E-state index < -0.39 is 10.0 Å². The third kappa shape index (κ3) is 2.82. The van der Waals surface area contributed by atoms with E-state index in [-0.39, 0.29) is 22.0 Å². The van der Waals surface area contributed by atoms with Crippen LogP contribution in [0.5, 0.6) is 0 Å². The molecule has 2 aromatic rings. The van der Waals surface area contributed by atoms with Crippen LogP contribution in [-0.2, 0) is 10.0 Å². The van der Waals surface area contributed by atoms with E-state index in [0.29, 0.717) is 5.02 Å². The van der Waals surface area contributed by atoms with Gasteiger partial charge in [-0.2, -0.15) is 13.7 Å². The number of halogens is 1. The molecule has 2 rings (SSSR count). The van der Waals surface area contributed by atoms with Gasteiger partial charge in [0, 0.05) is 11.2 Å². The predicted molar refractivity (Wildman–Crippen MR) is 75.6 cm³/mol. The summed E-state index contributed by atoms with van der Waals surface area (Å²) >= 11 is 5.80. The number of aromatic nitrogens is 1. The number of nitrogens with two attached hydrogens (primary N) is 1. The summed E-state index contributed by atoms with van der Waals surface area (Å²) in [5, 5.41) is 8.96. The molecule has 0 aliphatic heterocycles. The van der Waals surface area contributed by atoms with E-state index in [0.717, 1.165) is 0 Å². The van der Waals surface area contributed by atoms with Crippen molar-refractivity contribution < 1.29 is 8.42 Å². The van der Waals surface area contributed by atoms with Gasteiger partial charge in [0.1, 0.15) is 6.07 Å². The van der Waals surface area contributed by atoms with E-state index in [1.54, 1.807) is 0 Å². The molecule has 0 amide bonds. The fourth-order valence-electron chi connectivity index (χ4n) is 1.52. The molecule has 6 nitrogen and oxygen atoms in total. The average Bonchev–Trinajstić information content (AvgIpc) is 2.39. The highest BCUT2D eigenvalue weighted by atomic mass is 35.5. The predicted octanol–water partition coefficient (Wildman–Crippen LogP) is 1.99. The van der Waals surface area contributed by atoms with Crippen molar-refractivity contribution in [2.24, 2.45) is 0 Å². The summed E-state index contributed by atoms with van der Waals surface area (Å²) in [4.78, 5) is 3.73. The molecule has 0 spiro atoms. The number of hydrogen-bond acceptors (Lipinski definition) is 5. The van der Waals surface area contributed by atoms with Crippen LogP contribution in [0.2, 0.25) is 5.02 Å². The maximum Gasteiger partial charge on any atom is 0.281 e. The summed E-state index contributed by atoms with van der Waals surface area (Å²) in [6.45, 7) is 0. The Hall–Kier alpha value is -2.30. The summed E-state index contributed by atoms with van der Waals surface area (Å²) < 4.78 is 26.7. The second kappa shape index (κ2) is 5.36. The molecule has 1 aromatic carbocycles. The van der Waals surface area contributed by atoms with Gasteiger partial charge in [0.25, 0.3) is 10.0 Å². The van der Waals surface area contributed by atoms with Crippen LogP contribution in [0, 0.1) is 11.3 Å². The van der Waals surface area contributed by atoms with Gasteiger partial charge in [-0.05, 0) is 30.3 Å². The fourth-order valence-corrected chi connectivity index (χ4v) is 2.82. The largest absolute Gasteiger partial charge is 0.396 e. The van der Waals surface area contributed by atoms with Gasteiger partial charge in [0.2, 0.25) is 0 Å². The normalized spacial score (nSPS) is 10.8. The standard InChI is InChI=1S/C12H9ClN4O2S/c13-9-4-3-8(7-14)11(6-9)17-20(18,19)12-10(15)2-1-5-16-12/h1-6,17H,15H2. The van der Waals surface area contributed by atoms with Gasteiger partial charge < -0.3 is 5.73 Å². The van der Waals surface area contributed by atoms with E-state index in [4.69, 9.17) is 22.6 Å². The molecule has 0 aliphatic carbocycles. The summed E-state index contributed by atoms with van der Waals surface area (Å²) in [7, 11) is -3.99. The lowest BCUT2D eigenvalue weighted by atomic mass is 10.2. The molecular weight excluding hydrogens is 300 g/mol. The fraction of sp³-hybridized carbons (Fsp3) is 0. The smallest absolute Gasteiger partial charge is 0.281 e. The van der Waals surface area contributed by atoms with Crippen molar-refractivity contribution in [3.8, 4) is 6.07 Å². The Balaban J connectivity index is 2.47. The summed E-state index contributed by atoms with van der Waals surface area (Å²) in [6.07, 6.45) is 1.31. The Labute approximate surface area is 120 Å². The van der Waals surface area contributed by atoms with Crippen molar-refractivity contribution in [3.63, 3.8) is 0 Å². The van der Waals surface area contributed by atoms with Gasteiger partial charge >= 0.3 is 0 Å². The lowest BCUT2D eigenvalue weighted by Crippen LogP contribution is -2.17. The Morgan fingerprint density at radius 2 is 2.10 bits per heavy atom. The highest BCUT2D eigenvalue weighted by molar-refractivity contribution is 7.92. The first-order valence-electron chi connectivity index (χ1n) is 5.37. The van der Waals surface area contributed by atoms with Gasteiger partial charge in [-0.15, -0.1) is 0 Å². The van der Waals surface area contributed by atoms with Crippen molar-refractivity contribution >= 4 is 33.0 Å². The number of pyridine rings is 1. The van der Waals surface area contributed by atoms with Gasteiger partial charge in [-0.3, -0.25) is 4.72 Å². The van der Waals surface area contributed by atoms with Crippen LogP contribution in [-0.4, -0.2) is 13.4 Å². The maximum absolute atomic E-state index is 12.2. The third-order valence-electron chi connectivity index (χ3n) is 2.40. The number of nitriles is 1. The topological polar surface area (TPSA) is 109 Å². The van der Waals surface area contributed by atoms with Gasteiger partial charge in [0.15, 0.2) is 5.03 Å². The molecule has 3 N–H and O–H groups in total. The number of anilines is 2. The lowest BCUT2D eigenvalue weighted by molar-refractivity contribution is 0.598. The number of rotatable bonds is 3. The molecule has 0 atom stereocenters. The Morgan fingerprint density at radius 3 is 2.75 bits per heavy atom. The van der Waals surface area contributed by atoms with Crippen molar-refractivity contribution in [2.75, 3.05) is 10.5 Å². The zero-order valence-corrected chi connectivity index (χ0v) is 11.6. The maximum atomic E-state index is 12.2. The quantitative estimate of drug-likeness (QED) is 0.901. The van der Waals surface area contributed by atoms with Gasteiger partial charge in [0.05, 0.1) is 16.9 Å². The highest BCUT2D eigenvalue weighted by Crippen LogP contribution is 2.24. The molecule has 102 valence electrons. The van der Waals surface area contributed by atoms with E-state index in [1.165, 1.54) is 36.5 Å². The number of sulfonamides is 1. The van der Waals surface area contributed by atoms with Crippen LogP contribution in [0.4, 0.5) is 11.4 Å². The first-order chi connectivity index (χ1) is 9.44. The number of nitrogens with zero attached hydrogens (tertiary/aromatic N) is 2. The zero-order valence-electron chi connectivity index (χ0n) is 10.0. The summed E-state index contributed by atoms with van der Waals surface area (Å²) in [5.41, 5.74) is 5.82. The van der Waals surface area contributed by atoms with Crippen LogP contribution in [0.15, 0.2) is 41.6 Å². The summed E-state index contributed by atoms with van der Waals surface area (Å²) in [6, 6.07) is 9.07. The van der Waals surface area contributed by atoms with Crippen LogP contribution in [0.25, 0.3) is 0 Å². The molecule has 8 heteroatoms. The molecule has 1 heterocycles. The Bertz CT molecular complexity index is 799. The van der Waals surface area contributed by atoms with Crippen LogP contribution in [0.3, 0.4) is 0 Å². The molecule has 0 unspecified atom stereocenters. The van der Waals surface area contributed by atoms with E-state index in [9.17, 15) is 8.42 Å². The number of nitrogens with one attached hydrogen (secondary N) is 1. The van der Waals surface area contributed by atoms with Crippen LogP contribution in [0.1, 0.15) is 5.56 Å². The van der Waals surface area contributed by atoms with E-state index in [1.807, 2.05) is 6.07 Å². The second-order valence-electron chi connectivity index (χ2n) is 3.80.